The van der Waals surface area contributed by atoms with Gasteiger partial charge in [0.2, 0.25) is 0 Å². The van der Waals surface area contributed by atoms with Gasteiger partial charge in [0.1, 0.15) is 11.5 Å². The van der Waals surface area contributed by atoms with Crippen molar-refractivity contribution in [3.63, 3.8) is 0 Å². The molecule has 32 heavy (non-hydrogen) atoms. The number of aromatic nitrogens is 5. The van der Waals surface area contributed by atoms with Gasteiger partial charge in [0.05, 0.1) is 18.3 Å². The number of aromatic amines is 1. The number of hydrogen-bond acceptors (Lipinski definition) is 4. The van der Waals surface area contributed by atoms with Crippen LogP contribution in [0, 0.1) is 6.92 Å². The number of anilines is 1. The molecule has 2 aromatic carbocycles. The summed E-state index contributed by atoms with van der Waals surface area (Å²) in [6.45, 7) is 2.62. The second-order valence-electron chi connectivity index (χ2n) is 8.30. The van der Waals surface area contributed by atoms with E-state index >= 15 is 0 Å². The van der Waals surface area contributed by atoms with E-state index in [-0.39, 0.29) is 6.03 Å². The normalized spacial score (nSPS) is 14.5. The van der Waals surface area contributed by atoms with Crippen LogP contribution in [0.1, 0.15) is 36.3 Å². The Bertz CT molecular complexity index is 1220. The highest BCUT2D eigenvalue weighted by Gasteiger charge is 2.42. The molecule has 8 nitrogen and oxygen atoms in total. The fraction of sp³-hybridized carbons (Fsp3) is 0.250. The largest absolute Gasteiger partial charge is 0.344 e. The van der Waals surface area contributed by atoms with E-state index in [1.165, 1.54) is 0 Å². The van der Waals surface area contributed by atoms with Crippen molar-refractivity contribution in [2.75, 3.05) is 5.32 Å². The topological polar surface area (TPSA) is 101 Å². The summed E-state index contributed by atoms with van der Waals surface area (Å²) < 4.78 is 1.81. The van der Waals surface area contributed by atoms with Crippen LogP contribution in [0.25, 0.3) is 11.3 Å². The van der Waals surface area contributed by atoms with Crippen LogP contribution < -0.4 is 10.6 Å². The van der Waals surface area contributed by atoms with E-state index in [2.05, 4.69) is 43.0 Å². The van der Waals surface area contributed by atoms with E-state index in [4.69, 9.17) is 0 Å². The van der Waals surface area contributed by atoms with Gasteiger partial charge in [-0.1, -0.05) is 47.7 Å². The number of carbonyl (C=O) groups is 1. The molecule has 2 amide bonds. The van der Waals surface area contributed by atoms with Gasteiger partial charge in [0, 0.05) is 23.1 Å². The standard InChI is InChI=1S/C24H25N7O/c1-17-14-25-22(26-17)24(11-6-12-24)28-23(32)27-20-10-5-9-19(13-20)21-16-31(30-29-21)15-18-7-3-2-4-8-18/h2-5,7-10,13-14,16H,6,11-12,15H2,1H3,(H,25,26)(H2,27,28,32). The van der Waals surface area contributed by atoms with E-state index in [0.29, 0.717) is 12.2 Å². The number of urea groups is 1. The molecule has 1 aliphatic carbocycles. The molecule has 8 heteroatoms. The molecule has 1 saturated carbocycles. The number of nitrogens with zero attached hydrogens (tertiary/aromatic N) is 4. The van der Waals surface area contributed by atoms with Crippen molar-refractivity contribution < 1.29 is 4.79 Å². The molecule has 162 valence electrons. The average Bonchev–Trinajstić information content (AvgIpc) is 3.41. The highest BCUT2D eigenvalue weighted by Crippen LogP contribution is 2.39. The van der Waals surface area contributed by atoms with Gasteiger partial charge in [-0.05, 0) is 43.9 Å². The first kappa shape index (κ1) is 20.0. The lowest BCUT2D eigenvalue weighted by Gasteiger charge is -2.40. The summed E-state index contributed by atoms with van der Waals surface area (Å²) in [5.41, 5.74) is 4.07. The number of aryl methyl sites for hydroxylation is 1. The number of rotatable bonds is 6. The molecule has 0 spiro atoms. The maximum Gasteiger partial charge on any atom is 0.320 e. The SMILES string of the molecule is Cc1cnc(C2(NC(=O)Nc3cccc(-c4cn(Cc5ccccc5)nn4)c3)CCC2)[nH]1. The third-order valence-electron chi connectivity index (χ3n) is 5.86. The van der Waals surface area contributed by atoms with Crippen molar-refractivity contribution in [1.29, 1.82) is 0 Å². The first-order chi connectivity index (χ1) is 15.6. The molecule has 0 aliphatic heterocycles. The molecule has 1 fully saturated rings. The Balaban J connectivity index is 1.27. The van der Waals surface area contributed by atoms with Gasteiger partial charge in [0.15, 0.2) is 0 Å². The van der Waals surface area contributed by atoms with Gasteiger partial charge in [0.25, 0.3) is 0 Å². The molecule has 5 rings (SSSR count). The lowest BCUT2D eigenvalue weighted by atomic mass is 9.76. The van der Waals surface area contributed by atoms with Crippen molar-refractivity contribution in [2.45, 2.75) is 38.3 Å². The van der Waals surface area contributed by atoms with Gasteiger partial charge >= 0.3 is 6.03 Å². The van der Waals surface area contributed by atoms with Crippen molar-refractivity contribution in [1.82, 2.24) is 30.3 Å². The zero-order valence-corrected chi connectivity index (χ0v) is 17.9. The zero-order valence-electron chi connectivity index (χ0n) is 17.9. The monoisotopic (exact) mass is 427 g/mol. The maximum absolute atomic E-state index is 12.8. The lowest BCUT2D eigenvalue weighted by molar-refractivity contribution is 0.176. The predicted molar refractivity (Wildman–Crippen MR) is 122 cm³/mol. The molecule has 3 N–H and O–H groups in total. The van der Waals surface area contributed by atoms with Crippen LogP contribution >= 0.6 is 0 Å². The molecule has 2 aromatic heterocycles. The van der Waals surface area contributed by atoms with Crippen LogP contribution in [0.4, 0.5) is 10.5 Å². The molecule has 0 radical (unpaired) electrons. The van der Waals surface area contributed by atoms with E-state index < -0.39 is 5.54 Å². The molecule has 0 saturated heterocycles. The highest BCUT2D eigenvalue weighted by atomic mass is 16.2. The Kier molecular flexibility index (Phi) is 5.18. The summed E-state index contributed by atoms with van der Waals surface area (Å²) in [6, 6.07) is 17.5. The molecular weight excluding hydrogens is 402 g/mol. The number of H-pyrrole nitrogens is 1. The summed E-state index contributed by atoms with van der Waals surface area (Å²) >= 11 is 0. The average molecular weight is 428 g/mol. The quantitative estimate of drug-likeness (QED) is 0.429. The minimum Gasteiger partial charge on any atom is -0.344 e. The van der Waals surface area contributed by atoms with E-state index in [1.54, 1.807) is 6.20 Å². The third kappa shape index (κ3) is 4.12. The number of hydrogen-bond donors (Lipinski definition) is 3. The summed E-state index contributed by atoms with van der Waals surface area (Å²) in [4.78, 5) is 20.5. The molecule has 0 atom stereocenters. The second kappa shape index (κ2) is 8.30. The Morgan fingerprint density at radius 3 is 2.72 bits per heavy atom. The summed E-state index contributed by atoms with van der Waals surface area (Å²) in [5.74, 6) is 0.820. The molecule has 1 aliphatic rings. The van der Waals surface area contributed by atoms with Crippen molar-refractivity contribution in [3.05, 3.63) is 84.1 Å². The van der Waals surface area contributed by atoms with Crippen LogP contribution in [0.15, 0.2) is 67.0 Å². The minimum absolute atomic E-state index is 0.247. The van der Waals surface area contributed by atoms with Gasteiger partial charge in [-0.3, -0.25) is 0 Å². The van der Waals surface area contributed by atoms with E-state index in [1.807, 2.05) is 60.3 Å². The maximum atomic E-state index is 12.8. The molecule has 0 unspecified atom stereocenters. The van der Waals surface area contributed by atoms with E-state index in [0.717, 1.165) is 47.6 Å². The zero-order chi connectivity index (χ0) is 22.0. The molecule has 2 heterocycles. The van der Waals surface area contributed by atoms with Crippen molar-refractivity contribution in [2.24, 2.45) is 0 Å². The Morgan fingerprint density at radius 1 is 1.16 bits per heavy atom. The fourth-order valence-electron chi connectivity index (χ4n) is 4.02. The van der Waals surface area contributed by atoms with Crippen LogP contribution in [-0.4, -0.2) is 31.0 Å². The van der Waals surface area contributed by atoms with Gasteiger partial charge < -0.3 is 15.6 Å². The third-order valence-corrected chi connectivity index (χ3v) is 5.86. The number of carbonyl (C=O) groups excluding carboxylic acids is 1. The Morgan fingerprint density at radius 2 is 2.00 bits per heavy atom. The summed E-state index contributed by atoms with van der Waals surface area (Å²) in [6.07, 6.45) is 6.52. The van der Waals surface area contributed by atoms with Crippen LogP contribution in [0.3, 0.4) is 0 Å². The minimum atomic E-state index is -0.421. The molecular formula is C24H25N7O. The van der Waals surface area contributed by atoms with Gasteiger partial charge in [-0.25, -0.2) is 14.5 Å². The number of benzene rings is 2. The number of imidazole rings is 1. The molecule has 4 aromatic rings. The van der Waals surface area contributed by atoms with Crippen LogP contribution in [0.5, 0.6) is 0 Å². The number of amides is 2. The Hall–Kier alpha value is -3.94. The summed E-state index contributed by atoms with van der Waals surface area (Å²) in [5, 5.41) is 14.6. The van der Waals surface area contributed by atoms with Crippen molar-refractivity contribution in [3.8, 4) is 11.3 Å². The Labute approximate surface area is 186 Å². The predicted octanol–water partition coefficient (Wildman–Crippen LogP) is 4.23. The first-order valence-corrected chi connectivity index (χ1v) is 10.8. The molecule has 0 bridgehead atoms. The van der Waals surface area contributed by atoms with Crippen LogP contribution in [-0.2, 0) is 12.1 Å². The van der Waals surface area contributed by atoms with Crippen molar-refractivity contribution >= 4 is 11.7 Å². The van der Waals surface area contributed by atoms with Gasteiger partial charge in [-0.2, -0.15) is 0 Å². The first-order valence-electron chi connectivity index (χ1n) is 10.8. The number of nitrogens with one attached hydrogen (secondary N) is 3. The van der Waals surface area contributed by atoms with E-state index in [9.17, 15) is 4.79 Å². The highest BCUT2D eigenvalue weighted by molar-refractivity contribution is 5.90. The van der Waals surface area contributed by atoms with Gasteiger partial charge in [-0.15, -0.1) is 5.10 Å². The lowest BCUT2D eigenvalue weighted by Crippen LogP contribution is -2.52. The fourth-order valence-corrected chi connectivity index (χ4v) is 4.02. The van der Waals surface area contributed by atoms with Crippen LogP contribution in [0.2, 0.25) is 0 Å². The smallest absolute Gasteiger partial charge is 0.320 e. The summed E-state index contributed by atoms with van der Waals surface area (Å²) in [7, 11) is 0. The second-order valence-corrected chi connectivity index (χ2v) is 8.30.